The van der Waals surface area contributed by atoms with E-state index in [1.165, 1.54) is 24.5 Å². The number of hydrazine groups is 1. The van der Waals surface area contributed by atoms with Gasteiger partial charge in [0, 0.05) is 33.4 Å². The zero-order valence-electron chi connectivity index (χ0n) is 14.6. The van der Waals surface area contributed by atoms with Gasteiger partial charge < -0.3 is 5.21 Å². The van der Waals surface area contributed by atoms with Crippen LogP contribution in [-0.4, -0.2) is 11.8 Å². The lowest BCUT2D eigenvalue weighted by atomic mass is 10.1. The van der Waals surface area contributed by atoms with Crippen LogP contribution in [-0.2, 0) is 5.75 Å². The molecule has 3 rings (SSSR count). The van der Waals surface area contributed by atoms with E-state index in [4.69, 9.17) is 11.6 Å². The minimum Gasteiger partial charge on any atom is -0.619 e. The second-order valence-electron chi connectivity index (χ2n) is 5.79. The number of pyridine rings is 1. The van der Waals surface area contributed by atoms with Crippen molar-refractivity contribution in [1.82, 2.24) is 10.9 Å². The van der Waals surface area contributed by atoms with Gasteiger partial charge in [-0.05, 0) is 42.0 Å². The molecule has 0 fully saturated rings. The van der Waals surface area contributed by atoms with Gasteiger partial charge in [-0.2, -0.15) is 4.73 Å². The van der Waals surface area contributed by atoms with E-state index in [1.807, 2.05) is 36.4 Å². The highest BCUT2D eigenvalue weighted by molar-refractivity contribution is 7.98. The summed E-state index contributed by atoms with van der Waals surface area (Å²) in [7, 11) is 0. The number of halogens is 1. The molecule has 0 spiro atoms. The smallest absolute Gasteiger partial charge is 0.270 e. The fourth-order valence-electron chi connectivity index (χ4n) is 2.27. The Labute approximate surface area is 171 Å². The molecule has 3 aromatic rings. The number of thioether (sulfide) groups is 1. The molecule has 2 amide bonds. The third-order valence-corrected chi connectivity index (χ3v) is 5.12. The average molecular weight is 414 g/mol. The number of carbonyl (C=O) groups is 2. The van der Waals surface area contributed by atoms with Crippen molar-refractivity contribution < 1.29 is 14.3 Å². The number of nitrogens with zero attached hydrogens (tertiary/aromatic N) is 1. The molecular weight excluding hydrogens is 398 g/mol. The molecule has 0 aliphatic rings. The Balaban J connectivity index is 1.51. The third kappa shape index (κ3) is 5.48. The fraction of sp³-hybridized carbons (Fsp3) is 0.0500. The van der Waals surface area contributed by atoms with E-state index in [-0.39, 0.29) is 5.56 Å². The molecule has 0 radical (unpaired) electrons. The van der Waals surface area contributed by atoms with Crippen molar-refractivity contribution >= 4 is 35.2 Å². The Morgan fingerprint density at radius 2 is 1.39 bits per heavy atom. The van der Waals surface area contributed by atoms with E-state index in [1.54, 1.807) is 23.9 Å². The van der Waals surface area contributed by atoms with E-state index in [0.29, 0.717) is 15.3 Å². The molecule has 0 atom stereocenters. The Kier molecular flexibility index (Phi) is 6.52. The van der Waals surface area contributed by atoms with Gasteiger partial charge in [-0.3, -0.25) is 20.4 Å². The third-order valence-electron chi connectivity index (χ3n) is 3.79. The number of aromatic nitrogens is 1. The predicted molar refractivity (Wildman–Crippen MR) is 108 cm³/mol. The zero-order valence-corrected chi connectivity index (χ0v) is 16.2. The van der Waals surface area contributed by atoms with Gasteiger partial charge in [-0.25, -0.2) is 0 Å². The predicted octanol–water partition coefficient (Wildman–Crippen LogP) is 3.34. The molecule has 0 saturated carbocycles. The number of hydrogen-bond acceptors (Lipinski definition) is 4. The van der Waals surface area contributed by atoms with Gasteiger partial charge in [-0.15, -0.1) is 11.8 Å². The molecule has 142 valence electrons. The van der Waals surface area contributed by atoms with E-state index in [0.717, 1.165) is 16.2 Å². The molecule has 1 heterocycles. The maximum atomic E-state index is 12.2. The quantitative estimate of drug-likeness (QED) is 0.291. The van der Waals surface area contributed by atoms with Crippen LogP contribution in [0.4, 0.5) is 0 Å². The lowest BCUT2D eigenvalue weighted by Crippen LogP contribution is -2.41. The van der Waals surface area contributed by atoms with Gasteiger partial charge >= 0.3 is 0 Å². The van der Waals surface area contributed by atoms with Crippen LogP contribution in [0.2, 0.25) is 5.02 Å². The summed E-state index contributed by atoms with van der Waals surface area (Å²) in [5, 5.41) is 11.7. The summed E-state index contributed by atoms with van der Waals surface area (Å²) < 4.78 is 0.572. The van der Waals surface area contributed by atoms with Crippen molar-refractivity contribution in [3.63, 3.8) is 0 Å². The molecule has 28 heavy (non-hydrogen) atoms. The highest BCUT2D eigenvalue weighted by atomic mass is 35.5. The number of rotatable bonds is 5. The standard InChI is InChI=1S/C20H16ClN3O3S/c21-17-5-7-18(8-6-17)28-13-14-1-3-15(4-2-14)19(25)22-23-20(26)16-9-11-24(27)12-10-16/h1-12H,13H2,(H,22,25)(H,23,26). The lowest BCUT2D eigenvalue weighted by molar-refractivity contribution is -0.605. The van der Waals surface area contributed by atoms with E-state index >= 15 is 0 Å². The molecule has 0 aliphatic carbocycles. The second-order valence-corrected chi connectivity index (χ2v) is 7.28. The summed E-state index contributed by atoms with van der Waals surface area (Å²) in [6.45, 7) is 0. The summed E-state index contributed by atoms with van der Waals surface area (Å²) in [5.74, 6) is -0.182. The summed E-state index contributed by atoms with van der Waals surface area (Å²) in [6, 6.07) is 17.5. The fourth-order valence-corrected chi connectivity index (χ4v) is 3.25. The van der Waals surface area contributed by atoms with Crippen LogP contribution in [0.3, 0.4) is 0 Å². The number of benzene rings is 2. The summed E-state index contributed by atoms with van der Waals surface area (Å²) in [6.07, 6.45) is 2.41. The van der Waals surface area contributed by atoms with Crippen molar-refractivity contribution in [2.24, 2.45) is 0 Å². The number of nitrogens with one attached hydrogen (secondary N) is 2. The van der Waals surface area contributed by atoms with Gasteiger partial charge in [0.05, 0.1) is 5.56 Å². The van der Waals surface area contributed by atoms with Crippen LogP contribution >= 0.6 is 23.4 Å². The Hall–Kier alpha value is -3.03. The van der Waals surface area contributed by atoms with Gasteiger partial charge in [0.1, 0.15) is 0 Å². The molecule has 1 aromatic heterocycles. The van der Waals surface area contributed by atoms with E-state index in [2.05, 4.69) is 10.9 Å². The van der Waals surface area contributed by atoms with E-state index < -0.39 is 11.8 Å². The van der Waals surface area contributed by atoms with Gasteiger partial charge in [0.15, 0.2) is 12.4 Å². The first kappa shape index (κ1) is 19.7. The Morgan fingerprint density at radius 1 is 0.857 bits per heavy atom. The maximum Gasteiger partial charge on any atom is 0.270 e. The Morgan fingerprint density at radius 3 is 1.96 bits per heavy atom. The van der Waals surface area contributed by atoms with Crippen LogP contribution in [0.1, 0.15) is 26.3 Å². The van der Waals surface area contributed by atoms with Crippen LogP contribution in [0.25, 0.3) is 0 Å². The summed E-state index contributed by atoms with van der Waals surface area (Å²) in [4.78, 5) is 25.2. The molecule has 2 aromatic carbocycles. The van der Waals surface area contributed by atoms with Crippen LogP contribution in [0.15, 0.2) is 78.0 Å². The lowest BCUT2D eigenvalue weighted by Gasteiger charge is -2.08. The first-order valence-electron chi connectivity index (χ1n) is 8.28. The van der Waals surface area contributed by atoms with Crippen LogP contribution in [0.5, 0.6) is 0 Å². The number of hydrogen-bond donors (Lipinski definition) is 2. The Bertz CT molecular complexity index is 961. The van der Waals surface area contributed by atoms with Crippen molar-refractivity contribution in [1.29, 1.82) is 0 Å². The number of amides is 2. The van der Waals surface area contributed by atoms with Crippen LogP contribution < -0.4 is 15.6 Å². The minimum atomic E-state index is -0.509. The van der Waals surface area contributed by atoms with Crippen LogP contribution in [0, 0.1) is 5.21 Å². The number of carbonyl (C=O) groups excluding carboxylic acids is 2. The molecule has 2 N–H and O–H groups in total. The first-order valence-corrected chi connectivity index (χ1v) is 9.64. The van der Waals surface area contributed by atoms with Crippen molar-refractivity contribution in [2.75, 3.05) is 0 Å². The molecule has 8 heteroatoms. The average Bonchev–Trinajstić information content (AvgIpc) is 2.72. The van der Waals surface area contributed by atoms with E-state index in [9.17, 15) is 14.8 Å². The molecular formula is C20H16ClN3O3S. The SMILES string of the molecule is O=C(NNC(=O)c1cc[n+]([O-])cc1)c1ccc(CSc2ccc(Cl)cc2)cc1. The molecule has 0 saturated heterocycles. The molecule has 0 bridgehead atoms. The molecule has 6 nitrogen and oxygen atoms in total. The van der Waals surface area contributed by atoms with Crippen molar-refractivity contribution in [3.05, 3.63) is 100.0 Å². The van der Waals surface area contributed by atoms with Gasteiger partial charge in [-0.1, -0.05) is 23.7 Å². The zero-order chi connectivity index (χ0) is 19.9. The first-order chi connectivity index (χ1) is 13.5. The maximum absolute atomic E-state index is 12.2. The highest BCUT2D eigenvalue weighted by Gasteiger charge is 2.10. The van der Waals surface area contributed by atoms with Gasteiger partial charge in [0.2, 0.25) is 0 Å². The monoisotopic (exact) mass is 413 g/mol. The minimum absolute atomic E-state index is 0.266. The largest absolute Gasteiger partial charge is 0.619 e. The molecule has 0 unspecified atom stereocenters. The highest BCUT2D eigenvalue weighted by Crippen LogP contribution is 2.24. The second kappa shape index (κ2) is 9.25. The van der Waals surface area contributed by atoms with Crippen molar-refractivity contribution in [2.45, 2.75) is 10.6 Å². The molecule has 0 aliphatic heterocycles. The topological polar surface area (TPSA) is 85.1 Å². The van der Waals surface area contributed by atoms with Crippen molar-refractivity contribution in [3.8, 4) is 0 Å². The summed E-state index contributed by atoms with van der Waals surface area (Å²) in [5.41, 5.74) is 6.42. The summed E-state index contributed by atoms with van der Waals surface area (Å²) >= 11 is 7.54. The normalized spacial score (nSPS) is 10.3. The van der Waals surface area contributed by atoms with Gasteiger partial charge in [0.25, 0.3) is 11.8 Å².